The maximum absolute atomic E-state index is 11.0. The Kier molecular flexibility index (Phi) is 3.19. The zero-order chi connectivity index (χ0) is 16.7. The van der Waals surface area contributed by atoms with Crippen LogP contribution in [0.4, 0.5) is 0 Å². The average Bonchev–Trinajstić information content (AvgIpc) is 3.25. The van der Waals surface area contributed by atoms with Crippen molar-refractivity contribution < 1.29 is 5.11 Å². The first-order chi connectivity index (χ1) is 11.5. The first-order valence-corrected chi connectivity index (χ1v) is 10.2. The van der Waals surface area contributed by atoms with Gasteiger partial charge in [0.2, 0.25) is 0 Å². The summed E-state index contributed by atoms with van der Waals surface area (Å²) >= 11 is 0. The van der Waals surface area contributed by atoms with Crippen LogP contribution in [0.15, 0.2) is 16.9 Å². The van der Waals surface area contributed by atoms with Crippen LogP contribution in [0.5, 0.6) is 0 Å². The van der Waals surface area contributed by atoms with Crippen molar-refractivity contribution >= 4 is 0 Å². The van der Waals surface area contributed by atoms with Gasteiger partial charge in [0.15, 0.2) is 0 Å². The molecule has 24 heavy (non-hydrogen) atoms. The van der Waals surface area contributed by atoms with Crippen molar-refractivity contribution in [3.8, 4) is 0 Å². The number of rotatable bonds is 2. The van der Waals surface area contributed by atoms with Crippen molar-refractivity contribution in [1.82, 2.24) is 0 Å². The highest BCUT2D eigenvalue weighted by atomic mass is 16.3. The minimum Gasteiger partial charge on any atom is -0.396 e. The Balaban J connectivity index is 1.47. The summed E-state index contributed by atoms with van der Waals surface area (Å²) in [6, 6.07) is 0. The molecule has 0 radical (unpaired) electrons. The van der Waals surface area contributed by atoms with Crippen molar-refractivity contribution in [2.45, 2.75) is 58.8 Å². The second kappa shape index (κ2) is 4.93. The van der Waals surface area contributed by atoms with Crippen molar-refractivity contribution in [3.05, 3.63) is 16.7 Å². The first-order valence-electron chi connectivity index (χ1n) is 10.2. The van der Waals surface area contributed by atoms with Gasteiger partial charge in [-0.05, 0) is 97.0 Å². The third-order valence-corrected chi connectivity index (χ3v) is 9.62. The lowest BCUT2D eigenvalue weighted by atomic mass is 9.46. The van der Waals surface area contributed by atoms with Gasteiger partial charge in [-0.2, -0.15) is 0 Å². The van der Waals surface area contributed by atoms with Crippen LogP contribution in [0, 0.1) is 57.2 Å². The molecule has 0 aromatic heterocycles. The molecule has 5 aliphatic carbocycles. The van der Waals surface area contributed by atoms with Crippen LogP contribution in [0.2, 0.25) is 0 Å². The molecule has 0 spiro atoms. The van der Waals surface area contributed by atoms with Crippen molar-refractivity contribution in [3.63, 3.8) is 0 Å². The number of nitroso groups, excluding NO2 is 1. The highest BCUT2D eigenvalue weighted by Gasteiger charge is 2.74. The maximum Gasteiger partial charge on any atom is 0.0812 e. The van der Waals surface area contributed by atoms with Gasteiger partial charge in [-0.25, -0.2) is 0 Å². The van der Waals surface area contributed by atoms with Crippen molar-refractivity contribution in [1.29, 1.82) is 0 Å². The molecular weight excluding hydrogens is 298 g/mol. The minimum absolute atomic E-state index is 0.278. The van der Waals surface area contributed by atoms with Crippen LogP contribution in [0.1, 0.15) is 58.8 Å². The third kappa shape index (κ3) is 1.73. The summed E-state index contributed by atoms with van der Waals surface area (Å²) in [5.41, 5.74) is 1.47. The quantitative estimate of drug-likeness (QED) is 0.743. The number of hydrogen-bond donors (Lipinski definition) is 1. The summed E-state index contributed by atoms with van der Waals surface area (Å²) in [6.45, 7) is 5.40. The number of fused-ring (bicyclic) bond motifs is 7. The monoisotopic (exact) mass is 329 g/mol. The van der Waals surface area contributed by atoms with E-state index in [9.17, 15) is 10.0 Å². The molecule has 0 aromatic carbocycles. The molecule has 0 heterocycles. The Morgan fingerprint density at radius 2 is 2.12 bits per heavy atom. The third-order valence-electron chi connectivity index (χ3n) is 9.62. The summed E-state index contributed by atoms with van der Waals surface area (Å²) in [7, 11) is 0. The second-order valence-corrected chi connectivity index (χ2v) is 10.1. The molecule has 1 N–H and O–H groups in total. The molecule has 5 aliphatic rings. The van der Waals surface area contributed by atoms with Crippen LogP contribution in [0.3, 0.4) is 0 Å². The van der Waals surface area contributed by atoms with E-state index in [1.54, 1.807) is 0 Å². The van der Waals surface area contributed by atoms with Crippen LogP contribution < -0.4 is 0 Å². The maximum atomic E-state index is 11.0. The topological polar surface area (TPSA) is 49.7 Å². The van der Waals surface area contributed by atoms with Crippen LogP contribution >= 0.6 is 0 Å². The van der Waals surface area contributed by atoms with Gasteiger partial charge in [0, 0.05) is 12.0 Å². The Labute approximate surface area is 145 Å². The van der Waals surface area contributed by atoms with Crippen LogP contribution in [-0.4, -0.2) is 11.7 Å². The highest BCUT2D eigenvalue weighted by molar-refractivity contribution is 5.23. The van der Waals surface area contributed by atoms with E-state index in [0.717, 1.165) is 47.6 Å². The van der Waals surface area contributed by atoms with E-state index in [2.05, 4.69) is 25.1 Å². The fourth-order valence-corrected chi connectivity index (χ4v) is 8.41. The number of nitrogens with zero attached hydrogens (tertiary/aromatic N) is 1. The Morgan fingerprint density at radius 1 is 1.29 bits per heavy atom. The molecule has 3 nitrogen and oxygen atoms in total. The summed E-state index contributed by atoms with van der Waals surface area (Å²) in [6.07, 6.45) is 10.9. The van der Waals surface area contributed by atoms with E-state index < -0.39 is 0 Å². The molecule has 0 bridgehead atoms. The summed E-state index contributed by atoms with van der Waals surface area (Å²) in [5, 5.41) is 13.4. The van der Waals surface area contributed by atoms with Gasteiger partial charge in [0.25, 0.3) is 0 Å². The minimum atomic E-state index is 0.278. The molecule has 1 unspecified atom stereocenters. The van der Waals surface area contributed by atoms with Gasteiger partial charge in [-0.3, -0.25) is 0 Å². The number of aliphatic hydroxyl groups excluding tert-OH is 1. The first kappa shape index (κ1) is 15.5. The van der Waals surface area contributed by atoms with E-state index in [-0.39, 0.29) is 5.41 Å². The molecule has 4 saturated carbocycles. The molecule has 132 valence electrons. The Hall–Kier alpha value is -0.700. The zero-order valence-electron chi connectivity index (χ0n) is 15.1. The van der Waals surface area contributed by atoms with Crippen LogP contribution in [-0.2, 0) is 0 Å². The van der Waals surface area contributed by atoms with Gasteiger partial charge < -0.3 is 5.11 Å². The van der Waals surface area contributed by atoms with Crippen molar-refractivity contribution in [2.75, 3.05) is 6.61 Å². The molecule has 3 heteroatoms. The SMILES string of the molecule is C[C@@H]1CC2C=C(N=O)CC[C@@H]2[C@H]2CC[C@@]3(C)[C@H](C[C@@H]4C[C@@]43CO)[C@@H]21. The molecule has 0 aliphatic heterocycles. The van der Waals surface area contributed by atoms with E-state index in [1.165, 1.54) is 38.5 Å². The molecular formula is C21H31NO2. The number of allylic oxidation sites excluding steroid dienone is 2. The fraction of sp³-hybridized carbons (Fsp3) is 0.905. The van der Waals surface area contributed by atoms with Crippen molar-refractivity contribution in [2.24, 2.45) is 57.4 Å². The average molecular weight is 329 g/mol. The highest BCUT2D eigenvalue weighted by Crippen LogP contribution is 2.79. The van der Waals surface area contributed by atoms with Crippen LogP contribution in [0.25, 0.3) is 0 Å². The lowest BCUT2D eigenvalue weighted by Gasteiger charge is -2.58. The van der Waals surface area contributed by atoms with Gasteiger partial charge in [0.1, 0.15) is 0 Å². The summed E-state index contributed by atoms with van der Waals surface area (Å²) < 4.78 is 0. The smallest absolute Gasteiger partial charge is 0.0812 e. The molecule has 0 amide bonds. The van der Waals surface area contributed by atoms with E-state index in [0.29, 0.717) is 17.9 Å². The van der Waals surface area contributed by atoms with E-state index in [1.807, 2.05) is 0 Å². The lowest BCUT2D eigenvalue weighted by molar-refractivity contribution is -0.0964. The predicted octanol–water partition coefficient (Wildman–Crippen LogP) is 4.75. The Bertz CT molecular complexity index is 597. The fourth-order valence-electron chi connectivity index (χ4n) is 8.41. The van der Waals surface area contributed by atoms with Gasteiger partial charge in [-0.15, -0.1) is 4.91 Å². The largest absolute Gasteiger partial charge is 0.396 e. The zero-order valence-corrected chi connectivity index (χ0v) is 15.1. The summed E-state index contributed by atoms with van der Waals surface area (Å²) in [4.78, 5) is 11.0. The normalized spacial score (nSPS) is 58.0. The molecule has 4 fully saturated rings. The lowest BCUT2D eigenvalue weighted by Crippen LogP contribution is -2.52. The van der Waals surface area contributed by atoms with Gasteiger partial charge in [0.05, 0.1) is 5.70 Å². The number of aliphatic hydroxyl groups is 1. The summed E-state index contributed by atoms with van der Waals surface area (Å²) in [5.74, 6) is 5.44. The molecule has 5 rings (SSSR count). The molecule has 9 atom stereocenters. The van der Waals surface area contributed by atoms with E-state index >= 15 is 0 Å². The molecule has 0 aromatic rings. The molecule has 0 saturated heterocycles. The van der Waals surface area contributed by atoms with E-state index in [4.69, 9.17) is 0 Å². The van der Waals surface area contributed by atoms with Gasteiger partial charge in [-0.1, -0.05) is 19.9 Å². The number of hydrogen-bond acceptors (Lipinski definition) is 3. The Morgan fingerprint density at radius 3 is 2.88 bits per heavy atom. The van der Waals surface area contributed by atoms with Gasteiger partial charge >= 0.3 is 0 Å². The predicted molar refractivity (Wildman–Crippen MR) is 93.9 cm³/mol. The second-order valence-electron chi connectivity index (χ2n) is 10.1. The standard InChI is InChI=1S/C21H31NO2/c1-12-7-13-8-15(22-24)3-4-16(13)17-5-6-20(2)18(19(12)17)9-14-10-21(14,20)11-23/h8,12-14,16-19,23H,3-7,9-11H2,1-2H3/t12-,13?,14-,16+,17-,18-,19-,20+,21-/m1/s1.